The van der Waals surface area contributed by atoms with E-state index in [1.807, 2.05) is 0 Å². The number of benzene rings is 1. The van der Waals surface area contributed by atoms with Gasteiger partial charge in [-0.1, -0.05) is 12.8 Å². The van der Waals surface area contributed by atoms with E-state index in [4.69, 9.17) is 9.47 Å². The summed E-state index contributed by atoms with van der Waals surface area (Å²) in [5.41, 5.74) is 0. The zero-order valence-corrected chi connectivity index (χ0v) is 15.7. The van der Waals surface area contributed by atoms with E-state index in [1.165, 1.54) is 25.0 Å². The van der Waals surface area contributed by atoms with Crippen molar-refractivity contribution in [1.82, 2.24) is 10.2 Å². The largest absolute Gasteiger partial charge is 0.486 e. The molecule has 3 heterocycles. The first-order chi connectivity index (χ1) is 13.1. The highest BCUT2D eigenvalue weighted by Crippen LogP contribution is 2.32. The van der Waals surface area contributed by atoms with Gasteiger partial charge in [0.2, 0.25) is 0 Å². The number of hydrogen-bond donors (Lipinski definition) is 1. The molecule has 2 aromatic rings. The Morgan fingerprint density at radius 3 is 2.33 bits per heavy atom. The van der Waals surface area contributed by atoms with Crippen LogP contribution in [0, 0.1) is 0 Å². The van der Waals surface area contributed by atoms with Crippen molar-refractivity contribution in [1.29, 1.82) is 0 Å². The summed E-state index contributed by atoms with van der Waals surface area (Å²) in [5, 5.41) is 8.24. The normalized spacial score (nSPS) is 17.3. The Labute approximate surface area is 158 Å². The molecule has 2 aliphatic heterocycles. The number of nitrogens with zero attached hydrogens (tertiary/aromatic N) is 3. The Morgan fingerprint density at radius 2 is 1.63 bits per heavy atom. The van der Waals surface area contributed by atoms with Crippen LogP contribution < -0.4 is 19.1 Å². The maximum Gasteiger partial charge on any atom is 0.263 e. The van der Waals surface area contributed by atoms with Gasteiger partial charge < -0.3 is 14.4 Å². The Bertz CT molecular complexity index is 894. The van der Waals surface area contributed by atoms with E-state index in [0.29, 0.717) is 24.7 Å². The molecule has 0 atom stereocenters. The van der Waals surface area contributed by atoms with Gasteiger partial charge >= 0.3 is 0 Å². The number of aromatic nitrogens is 2. The molecule has 0 spiro atoms. The molecule has 1 fully saturated rings. The fraction of sp³-hybridized carbons (Fsp3) is 0.444. The fourth-order valence-electron chi connectivity index (χ4n) is 3.24. The van der Waals surface area contributed by atoms with Crippen molar-refractivity contribution in [2.24, 2.45) is 0 Å². The first-order valence-corrected chi connectivity index (χ1v) is 10.6. The Morgan fingerprint density at radius 1 is 0.889 bits per heavy atom. The van der Waals surface area contributed by atoms with Crippen LogP contribution in [0.5, 0.6) is 11.5 Å². The molecule has 1 saturated heterocycles. The topological polar surface area (TPSA) is 93.7 Å². The van der Waals surface area contributed by atoms with E-state index in [1.54, 1.807) is 18.2 Å². The molecule has 1 N–H and O–H groups in total. The average Bonchev–Trinajstić information content (AvgIpc) is 2.97. The number of sulfonamides is 1. The highest BCUT2D eigenvalue weighted by Gasteiger charge is 2.20. The molecule has 0 saturated carbocycles. The van der Waals surface area contributed by atoms with Crippen molar-refractivity contribution in [3.8, 4) is 11.5 Å². The molecule has 0 amide bonds. The van der Waals surface area contributed by atoms with E-state index in [2.05, 4.69) is 19.8 Å². The van der Waals surface area contributed by atoms with Crippen LogP contribution >= 0.6 is 0 Å². The quantitative estimate of drug-likeness (QED) is 0.857. The molecule has 8 nitrogen and oxygen atoms in total. The summed E-state index contributed by atoms with van der Waals surface area (Å²) < 4.78 is 38.6. The number of fused-ring (bicyclic) bond motifs is 1. The van der Waals surface area contributed by atoms with E-state index in [0.717, 1.165) is 31.7 Å². The second kappa shape index (κ2) is 7.59. The van der Waals surface area contributed by atoms with Gasteiger partial charge in [-0.15, -0.1) is 10.2 Å². The summed E-state index contributed by atoms with van der Waals surface area (Å²) in [6.45, 7) is 2.76. The molecule has 0 unspecified atom stereocenters. The lowest BCUT2D eigenvalue weighted by molar-refractivity contribution is 0.171. The van der Waals surface area contributed by atoms with Crippen LogP contribution in [0.1, 0.15) is 25.7 Å². The minimum Gasteiger partial charge on any atom is -0.486 e. The van der Waals surface area contributed by atoms with Crippen LogP contribution in [-0.2, 0) is 10.0 Å². The van der Waals surface area contributed by atoms with Gasteiger partial charge in [-0.05, 0) is 37.1 Å². The number of hydrogen-bond acceptors (Lipinski definition) is 7. The van der Waals surface area contributed by atoms with Crippen LogP contribution in [0.4, 0.5) is 11.6 Å². The summed E-state index contributed by atoms with van der Waals surface area (Å²) in [5.74, 6) is 1.93. The van der Waals surface area contributed by atoms with Crippen molar-refractivity contribution >= 4 is 21.7 Å². The third-order valence-corrected chi connectivity index (χ3v) is 6.00. The zero-order valence-electron chi connectivity index (χ0n) is 14.9. The van der Waals surface area contributed by atoms with Gasteiger partial charge in [0.1, 0.15) is 13.2 Å². The summed E-state index contributed by atoms with van der Waals surface area (Å²) in [6, 6.07) is 7.98. The highest BCUT2D eigenvalue weighted by molar-refractivity contribution is 7.92. The van der Waals surface area contributed by atoms with Gasteiger partial charge in [-0.25, -0.2) is 8.42 Å². The SMILES string of the molecule is O=S(=O)(Nc1ccc(N2CCCCCC2)nn1)c1ccc2c(c1)OCCO2. The summed E-state index contributed by atoms with van der Waals surface area (Å²) in [7, 11) is -3.79. The molecular weight excluding hydrogens is 368 g/mol. The summed E-state index contributed by atoms with van der Waals surface area (Å²) in [6.07, 6.45) is 4.75. The van der Waals surface area contributed by atoms with E-state index in [9.17, 15) is 8.42 Å². The van der Waals surface area contributed by atoms with Gasteiger partial charge in [0.15, 0.2) is 23.1 Å². The van der Waals surface area contributed by atoms with Gasteiger partial charge in [-0.2, -0.15) is 0 Å². The van der Waals surface area contributed by atoms with E-state index in [-0.39, 0.29) is 10.7 Å². The Kier molecular flexibility index (Phi) is 5.02. The van der Waals surface area contributed by atoms with Crippen LogP contribution in [0.15, 0.2) is 35.2 Å². The van der Waals surface area contributed by atoms with Crippen molar-refractivity contribution in [3.63, 3.8) is 0 Å². The second-order valence-corrected chi connectivity index (χ2v) is 8.27. The van der Waals surface area contributed by atoms with Crippen LogP contribution in [0.25, 0.3) is 0 Å². The molecule has 27 heavy (non-hydrogen) atoms. The van der Waals surface area contributed by atoms with Gasteiger partial charge in [-0.3, -0.25) is 4.72 Å². The van der Waals surface area contributed by atoms with Crippen molar-refractivity contribution in [2.75, 3.05) is 35.9 Å². The molecule has 4 rings (SSSR count). The first kappa shape index (κ1) is 17.8. The Balaban J connectivity index is 1.49. The monoisotopic (exact) mass is 390 g/mol. The van der Waals surface area contributed by atoms with Crippen LogP contribution in [0.2, 0.25) is 0 Å². The third kappa shape index (κ3) is 4.08. The lowest BCUT2D eigenvalue weighted by atomic mass is 10.2. The molecular formula is C18H22N4O4S. The van der Waals surface area contributed by atoms with Crippen molar-refractivity contribution in [3.05, 3.63) is 30.3 Å². The molecule has 1 aromatic carbocycles. The average molecular weight is 390 g/mol. The number of rotatable bonds is 4. The molecule has 144 valence electrons. The lowest BCUT2D eigenvalue weighted by Gasteiger charge is -2.20. The standard InChI is InChI=1S/C18H22N4O4S/c23-27(24,14-5-6-15-16(13-14)26-12-11-25-15)21-17-7-8-18(20-19-17)22-9-3-1-2-4-10-22/h5-8,13H,1-4,9-12H2,(H,19,21). The minimum absolute atomic E-state index is 0.0881. The minimum atomic E-state index is -3.79. The molecule has 0 bridgehead atoms. The van der Waals surface area contributed by atoms with Gasteiger partial charge in [0, 0.05) is 19.2 Å². The number of anilines is 2. The Hall–Kier alpha value is -2.55. The molecule has 1 aromatic heterocycles. The van der Waals surface area contributed by atoms with E-state index < -0.39 is 10.0 Å². The number of nitrogens with one attached hydrogen (secondary N) is 1. The molecule has 2 aliphatic rings. The van der Waals surface area contributed by atoms with Crippen molar-refractivity contribution in [2.45, 2.75) is 30.6 Å². The van der Waals surface area contributed by atoms with Gasteiger partial charge in [0.25, 0.3) is 10.0 Å². The first-order valence-electron chi connectivity index (χ1n) is 9.13. The number of ether oxygens (including phenoxy) is 2. The smallest absolute Gasteiger partial charge is 0.263 e. The lowest BCUT2D eigenvalue weighted by Crippen LogP contribution is -2.25. The second-order valence-electron chi connectivity index (χ2n) is 6.59. The van der Waals surface area contributed by atoms with Crippen molar-refractivity contribution < 1.29 is 17.9 Å². The summed E-state index contributed by atoms with van der Waals surface area (Å²) >= 11 is 0. The van der Waals surface area contributed by atoms with Crippen LogP contribution in [0.3, 0.4) is 0 Å². The highest BCUT2D eigenvalue weighted by atomic mass is 32.2. The molecule has 0 radical (unpaired) electrons. The summed E-state index contributed by atoms with van der Waals surface area (Å²) in [4.78, 5) is 2.28. The predicted molar refractivity (Wildman–Crippen MR) is 101 cm³/mol. The van der Waals surface area contributed by atoms with Crippen LogP contribution in [-0.4, -0.2) is 44.9 Å². The molecule has 9 heteroatoms. The fourth-order valence-corrected chi connectivity index (χ4v) is 4.25. The maximum absolute atomic E-state index is 12.6. The van der Waals surface area contributed by atoms with Gasteiger partial charge in [0.05, 0.1) is 4.90 Å². The molecule has 0 aliphatic carbocycles. The zero-order chi connectivity index (χ0) is 18.7. The third-order valence-electron chi connectivity index (χ3n) is 4.64. The maximum atomic E-state index is 12.6. The predicted octanol–water partition coefficient (Wildman–Crippen LogP) is 2.43. The van der Waals surface area contributed by atoms with E-state index >= 15 is 0 Å².